The van der Waals surface area contributed by atoms with Crippen LogP contribution in [0.2, 0.25) is 0 Å². The maximum Gasteiger partial charge on any atom is 0.220 e. The number of nitrogens with two attached hydrogens (primary N) is 5. The average Bonchev–Trinajstić information content (AvgIpc) is 4.40. The van der Waals surface area contributed by atoms with Gasteiger partial charge in [0.05, 0.1) is 31.6 Å². The van der Waals surface area contributed by atoms with Gasteiger partial charge < -0.3 is 66.1 Å². The Balaban J connectivity index is 0.000000236. The summed E-state index contributed by atoms with van der Waals surface area (Å²) < 4.78 is 89.7. The highest BCUT2D eigenvalue weighted by molar-refractivity contribution is 5.74. The van der Waals surface area contributed by atoms with E-state index < -0.39 is 0 Å². The van der Waals surface area contributed by atoms with Crippen molar-refractivity contribution in [3.8, 4) is 51.2 Å². The minimum Gasteiger partial charge on any atom is -0.489 e. The van der Waals surface area contributed by atoms with Gasteiger partial charge in [-0.1, -0.05) is 49.6 Å². The fourth-order valence-corrected chi connectivity index (χ4v) is 8.15. The first-order valence-electron chi connectivity index (χ1n) is 28.2. The first-order valence-corrected chi connectivity index (χ1v) is 28.2. The van der Waals surface area contributed by atoms with Crippen molar-refractivity contribution in [3.63, 3.8) is 0 Å². The normalized spacial score (nSPS) is 12.8. The summed E-state index contributed by atoms with van der Waals surface area (Å²) in [6, 6.07) is 31.9. The molecular formula is C65H80F5N11O7. The number of aryl methyl sites for hydroxylation is 1. The fourth-order valence-electron chi connectivity index (χ4n) is 8.15. The van der Waals surface area contributed by atoms with Crippen molar-refractivity contribution >= 4 is 11.8 Å². The minimum absolute atomic E-state index is 0.0136. The zero-order valence-electron chi connectivity index (χ0n) is 49.9. The second-order valence-electron chi connectivity index (χ2n) is 19.7. The Morgan fingerprint density at radius 1 is 0.545 bits per heavy atom. The maximum atomic E-state index is 12.5. The van der Waals surface area contributed by atoms with E-state index in [1.807, 2.05) is 96.7 Å². The standard InChI is InChI=1S/C14H16FN3O.2C13H13FN2O2.C13H17FN2O.C12H21FN2O/c1-18-7-6-17-14(18)12-2-4-13(5-3-12)19-10-11(8-15)9-16;2*14-5-10(6-15)7-18-12-3-1-11(2-4-12)13-8-17-9-16-13;1-11(17)16(10-13(7-14)8-15)9-12-5-3-2-4-6-12;1-10(16)15(9-11(7-13)8-14)12-5-3-2-4-6-12/h2-8H,9-10,16H2,1H3;2*1-5,8-9H,6-7,15H2;2-7H,8-10,15H2,1H3;7,12H,2-6,8-9,14H2,1H3/b11-8-;10-5+;10-5-;;. The van der Waals surface area contributed by atoms with Crippen LogP contribution in [0.5, 0.6) is 17.2 Å². The number of halogens is 5. The van der Waals surface area contributed by atoms with Crippen LogP contribution in [0.1, 0.15) is 51.5 Å². The van der Waals surface area contributed by atoms with Gasteiger partial charge in [0.25, 0.3) is 0 Å². The lowest BCUT2D eigenvalue weighted by Crippen LogP contribution is -2.42. The van der Waals surface area contributed by atoms with E-state index in [0.29, 0.717) is 89.9 Å². The molecule has 1 fully saturated rings. The Hall–Kier alpha value is -9.00. The predicted octanol–water partition coefficient (Wildman–Crippen LogP) is 11.2. The zero-order valence-corrected chi connectivity index (χ0v) is 49.9. The van der Waals surface area contributed by atoms with Gasteiger partial charge in [-0.2, -0.15) is 0 Å². The van der Waals surface area contributed by atoms with Crippen LogP contribution in [0.25, 0.3) is 33.9 Å². The number of carbonyl (C=O) groups is 2. The van der Waals surface area contributed by atoms with E-state index in [1.165, 1.54) is 26.1 Å². The summed E-state index contributed by atoms with van der Waals surface area (Å²) in [6.45, 7) is 5.25. The second kappa shape index (κ2) is 41.2. The first-order chi connectivity index (χ1) is 42.8. The van der Waals surface area contributed by atoms with Crippen molar-refractivity contribution in [1.82, 2.24) is 29.3 Å². The molecule has 0 saturated heterocycles. The topological polar surface area (TPSA) is 268 Å². The number of oxazole rings is 2. The number of rotatable bonds is 24. The minimum atomic E-state index is -0.0957. The van der Waals surface area contributed by atoms with Crippen molar-refractivity contribution in [3.05, 3.63) is 206 Å². The predicted molar refractivity (Wildman–Crippen MR) is 332 cm³/mol. The van der Waals surface area contributed by atoms with Crippen LogP contribution in [0.15, 0.2) is 209 Å². The third-order valence-electron chi connectivity index (χ3n) is 13.3. The number of aromatic nitrogens is 4. The molecular weight excluding hydrogens is 1140 g/mol. The molecule has 0 bridgehead atoms. The van der Waals surface area contributed by atoms with Crippen LogP contribution < -0.4 is 42.9 Å². The van der Waals surface area contributed by atoms with E-state index >= 15 is 0 Å². The van der Waals surface area contributed by atoms with Crippen molar-refractivity contribution in [2.24, 2.45) is 35.7 Å². The molecule has 23 heteroatoms. The molecule has 1 aliphatic rings. The molecule has 7 aromatic rings. The molecule has 0 radical (unpaired) electrons. The lowest BCUT2D eigenvalue weighted by Gasteiger charge is -2.34. The summed E-state index contributed by atoms with van der Waals surface area (Å²) in [6.07, 6.45) is 17.6. The van der Waals surface area contributed by atoms with Crippen LogP contribution in [0.4, 0.5) is 22.0 Å². The van der Waals surface area contributed by atoms with Crippen LogP contribution in [-0.4, -0.2) is 113 Å². The van der Waals surface area contributed by atoms with Crippen LogP contribution in [0.3, 0.4) is 0 Å². The van der Waals surface area contributed by atoms with Gasteiger partial charge in [0.2, 0.25) is 11.8 Å². The number of ether oxygens (including phenoxy) is 3. The highest BCUT2D eigenvalue weighted by Gasteiger charge is 2.24. The Morgan fingerprint density at radius 2 is 0.955 bits per heavy atom. The van der Waals surface area contributed by atoms with Crippen LogP contribution in [-0.2, 0) is 23.2 Å². The summed E-state index contributed by atoms with van der Waals surface area (Å²) in [7, 11) is 1.94. The molecule has 472 valence electrons. The first kappa shape index (κ1) is 71.5. The van der Waals surface area contributed by atoms with Gasteiger partial charge in [0.15, 0.2) is 12.8 Å². The Morgan fingerprint density at radius 3 is 1.30 bits per heavy atom. The SMILES string of the molecule is CC(=O)N(CC(=CF)CN)C1CCCCC1.CC(=O)N(CC(=CF)CN)Cc1ccccc1.Cn1ccnc1-c1ccc(OC/C(=C\F)CN)cc1.NC/C(=C/F)COc1ccc(-c2cocn2)cc1.NC/C(=C\F)COc1ccc(-c2cocn2)cc1. The lowest BCUT2D eigenvalue weighted by atomic mass is 9.94. The molecule has 10 N–H and O–H groups in total. The number of nitrogens with zero attached hydrogens (tertiary/aromatic N) is 6. The van der Waals surface area contributed by atoms with Crippen molar-refractivity contribution in [2.75, 3.05) is 65.6 Å². The monoisotopic (exact) mass is 1220 g/mol. The zero-order chi connectivity index (χ0) is 63.9. The average molecular weight is 1220 g/mol. The van der Waals surface area contributed by atoms with Gasteiger partial charge in [-0.25, -0.2) is 36.9 Å². The van der Waals surface area contributed by atoms with E-state index in [0.717, 1.165) is 65.1 Å². The highest BCUT2D eigenvalue weighted by atomic mass is 19.1. The summed E-state index contributed by atoms with van der Waals surface area (Å²) in [5.41, 5.74) is 34.3. The molecule has 0 atom stereocenters. The van der Waals surface area contributed by atoms with Gasteiger partial charge in [-0.15, -0.1) is 0 Å². The van der Waals surface area contributed by atoms with Gasteiger partial charge in [0, 0.05) is 125 Å². The molecule has 0 unspecified atom stereocenters. The molecule has 3 aromatic heterocycles. The molecule has 4 aromatic carbocycles. The Bertz CT molecular complexity index is 3110. The van der Waals surface area contributed by atoms with Crippen molar-refractivity contribution in [1.29, 1.82) is 0 Å². The molecule has 8 rings (SSSR count). The molecule has 0 aliphatic heterocycles. The second-order valence-corrected chi connectivity index (χ2v) is 19.7. The van der Waals surface area contributed by atoms with E-state index in [4.69, 9.17) is 51.7 Å². The smallest absolute Gasteiger partial charge is 0.220 e. The molecule has 1 aliphatic carbocycles. The number of benzene rings is 4. The number of hydrogen-bond acceptors (Lipinski definition) is 15. The number of hydrogen-bond donors (Lipinski definition) is 5. The van der Waals surface area contributed by atoms with Gasteiger partial charge in [0.1, 0.15) is 66.8 Å². The molecule has 88 heavy (non-hydrogen) atoms. The molecule has 0 spiro atoms. The van der Waals surface area contributed by atoms with E-state index in [9.17, 15) is 31.5 Å². The molecule has 3 heterocycles. The summed E-state index contributed by atoms with van der Waals surface area (Å²) in [4.78, 5) is 38.7. The summed E-state index contributed by atoms with van der Waals surface area (Å²) in [5.74, 6) is 2.77. The van der Waals surface area contributed by atoms with E-state index in [2.05, 4.69) is 15.0 Å². The quantitative estimate of drug-likeness (QED) is 0.0352. The van der Waals surface area contributed by atoms with Gasteiger partial charge in [-0.3, -0.25) is 9.59 Å². The van der Waals surface area contributed by atoms with Gasteiger partial charge in [-0.05, 0) is 102 Å². The number of imidazole rings is 1. The number of amides is 2. The largest absolute Gasteiger partial charge is 0.489 e. The Kier molecular flexibility index (Phi) is 33.4. The third kappa shape index (κ3) is 25.5. The Labute approximate surface area is 510 Å². The van der Waals surface area contributed by atoms with Crippen LogP contribution >= 0.6 is 0 Å². The molecule has 1 saturated carbocycles. The molecule has 18 nitrogen and oxygen atoms in total. The third-order valence-corrected chi connectivity index (χ3v) is 13.3. The summed E-state index contributed by atoms with van der Waals surface area (Å²) in [5, 5.41) is 0. The van der Waals surface area contributed by atoms with Crippen molar-refractivity contribution < 1.29 is 54.6 Å². The van der Waals surface area contributed by atoms with Gasteiger partial charge >= 0.3 is 0 Å². The highest BCUT2D eigenvalue weighted by Crippen LogP contribution is 2.26. The maximum absolute atomic E-state index is 12.5. The lowest BCUT2D eigenvalue weighted by molar-refractivity contribution is -0.131. The van der Waals surface area contributed by atoms with E-state index in [1.54, 1.807) is 59.7 Å². The number of carbonyl (C=O) groups excluding carboxylic acids is 2. The van der Waals surface area contributed by atoms with Crippen molar-refractivity contribution in [2.45, 2.75) is 58.5 Å². The summed E-state index contributed by atoms with van der Waals surface area (Å²) >= 11 is 0. The fraction of sp³-hybridized carbons (Fsp3) is 0.308. The van der Waals surface area contributed by atoms with E-state index in [-0.39, 0.29) is 76.9 Å². The van der Waals surface area contributed by atoms with Crippen LogP contribution in [0, 0.1) is 0 Å². The molecule has 2 amide bonds.